The van der Waals surface area contributed by atoms with E-state index in [1.54, 1.807) is 0 Å². The van der Waals surface area contributed by atoms with Gasteiger partial charge in [0.25, 0.3) is 0 Å². The van der Waals surface area contributed by atoms with Gasteiger partial charge in [0.15, 0.2) is 0 Å². The summed E-state index contributed by atoms with van der Waals surface area (Å²) in [7, 11) is 0. The molecule has 1 aliphatic heterocycles. The van der Waals surface area contributed by atoms with Crippen molar-refractivity contribution < 1.29 is 0 Å². The van der Waals surface area contributed by atoms with Crippen LogP contribution in [0, 0.1) is 6.92 Å². The number of allylic oxidation sites excluding steroid dienone is 1. The molecule has 0 spiro atoms. The van der Waals surface area contributed by atoms with Gasteiger partial charge in [-0.25, -0.2) is 0 Å². The molecule has 2 aromatic rings. The fourth-order valence-electron chi connectivity index (χ4n) is 2.73. The Hall–Kier alpha value is -2.40. The van der Waals surface area contributed by atoms with Crippen LogP contribution in [0.1, 0.15) is 29.3 Å². The van der Waals surface area contributed by atoms with E-state index in [0.29, 0.717) is 0 Å². The number of nitrogens with zero attached hydrogens (tertiary/aromatic N) is 2. The van der Waals surface area contributed by atoms with Crippen molar-refractivity contribution >= 4 is 39.2 Å². The summed E-state index contributed by atoms with van der Waals surface area (Å²) in [6, 6.07) is 8.16. The first-order chi connectivity index (χ1) is 12.1. The summed E-state index contributed by atoms with van der Waals surface area (Å²) in [6.45, 7) is 9.94. The van der Waals surface area contributed by atoms with Crippen molar-refractivity contribution in [2.24, 2.45) is 4.99 Å². The van der Waals surface area contributed by atoms with Crippen LogP contribution in [0.4, 0.5) is 5.69 Å². The molecule has 5 heteroatoms. The van der Waals surface area contributed by atoms with Crippen molar-refractivity contribution in [3.05, 3.63) is 70.0 Å². The lowest BCUT2D eigenvalue weighted by Crippen LogP contribution is -2.20. The Morgan fingerprint density at radius 2 is 2.24 bits per heavy atom. The lowest BCUT2D eigenvalue weighted by Gasteiger charge is -2.15. The minimum Gasteiger partial charge on any atom is -0.368 e. The molecule has 0 fully saturated rings. The molecule has 1 aromatic carbocycles. The highest BCUT2D eigenvalue weighted by Crippen LogP contribution is 2.27. The second-order valence-corrected chi connectivity index (χ2v) is 6.69. The number of amidine groups is 1. The first-order valence-corrected chi connectivity index (χ1v) is 9.02. The van der Waals surface area contributed by atoms with E-state index in [1.165, 1.54) is 0 Å². The molecule has 0 unspecified atom stereocenters. The van der Waals surface area contributed by atoms with Crippen LogP contribution in [0.2, 0.25) is 0 Å². The zero-order chi connectivity index (χ0) is 17.8. The van der Waals surface area contributed by atoms with Gasteiger partial charge < -0.3 is 10.6 Å². The Morgan fingerprint density at radius 1 is 1.40 bits per heavy atom. The van der Waals surface area contributed by atoms with Gasteiger partial charge in [-0.2, -0.15) is 0 Å². The number of hydrogen-bond acceptors (Lipinski definition) is 4. The van der Waals surface area contributed by atoms with Gasteiger partial charge in [-0.1, -0.05) is 40.7 Å². The summed E-state index contributed by atoms with van der Waals surface area (Å²) in [4.78, 5) is 9.11. The number of rotatable bonds is 5. The zero-order valence-corrected chi connectivity index (χ0v) is 16.0. The highest BCUT2D eigenvalue weighted by atomic mass is 79.9. The van der Waals surface area contributed by atoms with Crippen LogP contribution < -0.4 is 10.6 Å². The molecule has 0 amide bonds. The Balaban J connectivity index is 1.92. The van der Waals surface area contributed by atoms with Gasteiger partial charge in [-0.3, -0.25) is 9.98 Å². The molecule has 3 rings (SSSR count). The number of benzene rings is 1. The first-order valence-electron chi connectivity index (χ1n) is 8.23. The minimum absolute atomic E-state index is 0.766. The van der Waals surface area contributed by atoms with Crippen molar-refractivity contribution in [2.75, 3.05) is 18.4 Å². The van der Waals surface area contributed by atoms with Gasteiger partial charge in [0.1, 0.15) is 5.84 Å². The van der Waals surface area contributed by atoms with Gasteiger partial charge in [0.05, 0.1) is 17.9 Å². The largest absolute Gasteiger partial charge is 0.368 e. The quantitative estimate of drug-likeness (QED) is 0.774. The molecule has 1 aliphatic rings. The summed E-state index contributed by atoms with van der Waals surface area (Å²) in [5.74, 6) is 0.909. The highest BCUT2D eigenvalue weighted by molar-refractivity contribution is 9.10. The molecule has 4 nitrogen and oxygen atoms in total. The van der Waals surface area contributed by atoms with Crippen molar-refractivity contribution in [3.8, 4) is 0 Å². The van der Waals surface area contributed by atoms with Crippen LogP contribution in [-0.4, -0.2) is 23.9 Å². The molecular formula is C20H21BrN4. The lowest BCUT2D eigenvalue weighted by molar-refractivity contribution is 0.959. The van der Waals surface area contributed by atoms with E-state index in [4.69, 9.17) is 0 Å². The van der Waals surface area contributed by atoms with Crippen molar-refractivity contribution in [2.45, 2.75) is 13.8 Å². The molecular weight excluding hydrogens is 376 g/mol. The molecule has 0 bridgehead atoms. The van der Waals surface area contributed by atoms with Crippen LogP contribution in [0.5, 0.6) is 0 Å². The molecule has 0 radical (unpaired) electrons. The molecule has 0 saturated carbocycles. The number of nitrogens with one attached hydrogen (secondary N) is 2. The maximum atomic E-state index is 4.64. The predicted octanol–water partition coefficient (Wildman–Crippen LogP) is 4.62. The molecule has 0 aliphatic carbocycles. The maximum Gasteiger partial charge on any atom is 0.129 e. The Morgan fingerprint density at radius 3 is 2.96 bits per heavy atom. The molecule has 25 heavy (non-hydrogen) atoms. The first kappa shape index (κ1) is 17.4. The monoisotopic (exact) mass is 396 g/mol. The second-order valence-electron chi connectivity index (χ2n) is 5.83. The van der Waals surface area contributed by atoms with E-state index in [9.17, 15) is 0 Å². The van der Waals surface area contributed by atoms with E-state index in [-0.39, 0.29) is 0 Å². The van der Waals surface area contributed by atoms with Crippen LogP contribution in [0.25, 0.3) is 11.8 Å². The highest BCUT2D eigenvalue weighted by Gasteiger charge is 2.13. The van der Waals surface area contributed by atoms with Crippen molar-refractivity contribution in [1.29, 1.82) is 0 Å². The van der Waals surface area contributed by atoms with Crippen molar-refractivity contribution in [1.82, 2.24) is 10.3 Å². The molecule has 2 heterocycles. The van der Waals surface area contributed by atoms with E-state index < -0.39 is 0 Å². The summed E-state index contributed by atoms with van der Waals surface area (Å²) >= 11 is 3.56. The average molecular weight is 397 g/mol. The van der Waals surface area contributed by atoms with Gasteiger partial charge in [-0.05, 0) is 37.6 Å². The molecule has 2 N–H and O–H groups in total. The fourth-order valence-corrected chi connectivity index (χ4v) is 3.09. The van der Waals surface area contributed by atoms with Gasteiger partial charge >= 0.3 is 0 Å². The minimum atomic E-state index is 0.766. The van der Waals surface area contributed by atoms with Crippen LogP contribution in [-0.2, 0) is 0 Å². The Kier molecular flexibility index (Phi) is 5.34. The van der Waals surface area contributed by atoms with Gasteiger partial charge in [0.2, 0.25) is 0 Å². The summed E-state index contributed by atoms with van der Waals surface area (Å²) in [6.07, 6.45) is 5.90. The normalized spacial score (nSPS) is 13.6. The van der Waals surface area contributed by atoms with Crippen LogP contribution in [0.3, 0.4) is 0 Å². The van der Waals surface area contributed by atoms with E-state index >= 15 is 0 Å². The maximum absolute atomic E-state index is 4.64. The molecule has 0 saturated heterocycles. The van der Waals surface area contributed by atoms with Crippen LogP contribution in [0.15, 0.2) is 52.6 Å². The topological polar surface area (TPSA) is 49.3 Å². The fraction of sp³-hybridized carbons (Fsp3) is 0.200. The number of pyridine rings is 1. The van der Waals surface area contributed by atoms with Gasteiger partial charge in [-0.15, -0.1) is 0 Å². The standard InChI is InChI=1S/C20H21BrN4/c1-4-6-15-11-16(20-22-9-10-23-20)12-24-19(15)14(3)25-18-8-5-7-17(21)13(18)2/h4-8,11-12,25H,3,9-10H2,1-2H3,(H,22,23)/b6-4-. The molecule has 128 valence electrons. The third kappa shape index (κ3) is 3.82. The van der Waals surface area contributed by atoms with E-state index in [2.05, 4.69) is 56.1 Å². The lowest BCUT2D eigenvalue weighted by atomic mass is 10.1. The number of halogens is 1. The van der Waals surface area contributed by atoms with Gasteiger partial charge in [0, 0.05) is 34.0 Å². The van der Waals surface area contributed by atoms with Crippen molar-refractivity contribution in [3.63, 3.8) is 0 Å². The zero-order valence-electron chi connectivity index (χ0n) is 14.4. The van der Waals surface area contributed by atoms with E-state index in [1.807, 2.05) is 43.5 Å². The summed E-state index contributed by atoms with van der Waals surface area (Å²) in [5, 5.41) is 6.68. The average Bonchev–Trinajstić information content (AvgIpc) is 3.14. The number of aliphatic imine (C=N–C) groups is 1. The number of anilines is 1. The molecule has 0 atom stereocenters. The number of hydrogen-bond donors (Lipinski definition) is 2. The third-order valence-corrected chi connectivity index (χ3v) is 4.91. The SMILES string of the molecule is C=C(Nc1cccc(Br)c1C)c1ncc(C2=NCCN2)cc1/C=C\C. The smallest absolute Gasteiger partial charge is 0.129 e. The summed E-state index contributed by atoms with van der Waals surface area (Å²) < 4.78 is 1.06. The third-order valence-electron chi connectivity index (χ3n) is 4.05. The number of aromatic nitrogens is 1. The Labute approximate surface area is 156 Å². The van der Waals surface area contributed by atoms with E-state index in [0.717, 1.165) is 57.2 Å². The van der Waals surface area contributed by atoms with Crippen LogP contribution >= 0.6 is 15.9 Å². The molecule has 1 aromatic heterocycles. The second kappa shape index (κ2) is 7.66. The Bertz CT molecular complexity index is 868. The summed E-state index contributed by atoms with van der Waals surface area (Å²) in [5.41, 5.74) is 5.76. The predicted molar refractivity (Wildman–Crippen MR) is 110 cm³/mol.